The lowest BCUT2D eigenvalue weighted by Gasteiger charge is -2.34. The van der Waals surface area contributed by atoms with Crippen LogP contribution in [0.25, 0.3) is 0 Å². The molecule has 1 saturated heterocycles. The predicted octanol–water partition coefficient (Wildman–Crippen LogP) is 1.13. The summed E-state index contributed by atoms with van der Waals surface area (Å²) in [4.78, 5) is 2.72. The van der Waals surface area contributed by atoms with Gasteiger partial charge in [0.25, 0.3) is 0 Å². The molecule has 0 unspecified atom stereocenters. The van der Waals surface area contributed by atoms with Gasteiger partial charge in [-0.2, -0.15) is 13.2 Å². The highest BCUT2D eigenvalue weighted by Crippen LogP contribution is 2.17. The molecule has 1 fully saturated rings. The van der Waals surface area contributed by atoms with Gasteiger partial charge in [-0.15, -0.1) is 0 Å². The Hall–Kier alpha value is -0.365. The van der Waals surface area contributed by atoms with Gasteiger partial charge in [0.05, 0.1) is 6.54 Å². The zero-order chi connectivity index (χ0) is 11.5. The monoisotopic (exact) mass is 230 g/mol. The van der Waals surface area contributed by atoms with E-state index in [4.69, 9.17) is 0 Å². The Bertz CT molecular complexity index is 190. The van der Waals surface area contributed by atoms with E-state index < -0.39 is 20.0 Å². The first-order valence-electron chi connectivity index (χ1n) is 4.66. The Morgan fingerprint density at radius 2 is 1.40 bits per heavy atom. The smallest absolute Gasteiger partial charge is 0.302 e. The third kappa shape index (κ3) is 5.32. The Morgan fingerprint density at radius 1 is 0.933 bits per heavy atom. The second-order valence-corrected chi connectivity index (χ2v) is 3.58. The van der Waals surface area contributed by atoms with Crippen LogP contribution < -0.4 is 0 Å². The summed E-state index contributed by atoms with van der Waals surface area (Å²) in [5.74, 6) is 0. The van der Waals surface area contributed by atoms with E-state index >= 15 is 0 Å². The minimum absolute atomic E-state index is 0.201. The van der Waals surface area contributed by atoms with Crippen molar-refractivity contribution in [2.24, 2.45) is 0 Å². The van der Waals surface area contributed by atoms with Crippen molar-refractivity contribution in [3.63, 3.8) is 0 Å². The van der Waals surface area contributed by atoms with Crippen molar-refractivity contribution in [3.05, 3.63) is 0 Å². The van der Waals surface area contributed by atoms with E-state index in [1.807, 2.05) is 0 Å². The van der Waals surface area contributed by atoms with Crippen molar-refractivity contribution >= 4 is 7.27 Å². The lowest BCUT2D eigenvalue weighted by atomic mass is 9.98. The average Bonchev–Trinajstić information content (AvgIpc) is 2.05. The van der Waals surface area contributed by atoms with Gasteiger partial charge in [0.2, 0.25) is 0 Å². The maximum absolute atomic E-state index is 12.0. The van der Waals surface area contributed by atoms with E-state index in [1.165, 1.54) is 9.80 Å². The quantitative estimate of drug-likeness (QED) is 0.529. The first-order valence-corrected chi connectivity index (χ1v) is 4.66. The minimum atomic E-state index is -4.20. The van der Waals surface area contributed by atoms with E-state index in [0.29, 0.717) is 0 Å². The standard InChI is InChI=1S/C7H12BF5N2/c9-7(10,11)5-14-1-3-15(4-2-14)6-8(12)13/h1-6H2. The average molecular weight is 230 g/mol. The van der Waals surface area contributed by atoms with E-state index in [0.717, 1.165) is 0 Å². The van der Waals surface area contributed by atoms with E-state index in [2.05, 4.69) is 0 Å². The van der Waals surface area contributed by atoms with Gasteiger partial charge in [0, 0.05) is 32.6 Å². The zero-order valence-electron chi connectivity index (χ0n) is 8.10. The third-order valence-electron chi connectivity index (χ3n) is 2.26. The van der Waals surface area contributed by atoms with Crippen molar-refractivity contribution in [3.8, 4) is 0 Å². The van der Waals surface area contributed by atoms with Crippen LogP contribution in [0, 0.1) is 0 Å². The summed E-state index contributed by atoms with van der Waals surface area (Å²) in [5.41, 5.74) is 0. The maximum Gasteiger partial charge on any atom is 0.551 e. The maximum atomic E-state index is 12.0. The van der Waals surface area contributed by atoms with Crippen LogP contribution in [0.2, 0.25) is 0 Å². The molecule has 0 aromatic heterocycles. The van der Waals surface area contributed by atoms with Crippen LogP contribution in [0.3, 0.4) is 0 Å². The fraction of sp³-hybridized carbons (Fsp3) is 1.00. The number of rotatable bonds is 3. The van der Waals surface area contributed by atoms with Crippen molar-refractivity contribution in [1.29, 1.82) is 0 Å². The molecule has 0 radical (unpaired) electrons. The Balaban J connectivity index is 2.24. The van der Waals surface area contributed by atoms with E-state index in [-0.39, 0.29) is 32.6 Å². The molecule has 0 atom stereocenters. The van der Waals surface area contributed by atoms with Gasteiger partial charge in [0.1, 0.15) is 0 Å². The molecule has 1 aliphatic heterocycles. The highest BCUT2D eigenvalue weighted by atomic mass is 19.4. The lowest BCUT2D eigenvalue weighted by Crippen LogP contribution is -2.50. The van der Waals surface area contributed by atoms with Crippen LogP contribution in [-0.4, -0.2) is 62.4 Å². The van der Waals surface area contributed by atoms with Crippen molar-refractivity contribution in [2.45, 2.75) is 6.18 Å². The summed E-state index contributed by atoms with van der Waals surface area (Å²) in [7, 11) is -2.42. The third-order valence-corrected chi connectivity index (χ3v) is 2.26. The zero-order valence-corrected chi connectivity index (χ0v) is 8.10. The van der Waals surface area contributed by atoms with Gasteiger partial charge in [-0.05, 0) is 0 Å². The molecule has 0 aliphatic carbocycles. The summed E-state index contributed by atoms with van der Waals surface area (Å²) >= 11 is 0. The van der Waals surface area contributed by atoms with Gasteiger partial charge in [0.15, 0.2) is 0 Å². The first kappa shape index (κ1) is 12.7. The summed E-state index contributed by atoms with van der Waals surface area (Å²) < 4.78 is 59.8. The predicted molar refractivity (Wildman–Crippen MR) is 46.9 cm³/mol. The van der Waals surface area contributed by atoms with Crippen LogP contribution in [-0.2, 0) is 0 Å². The normalized spacial score (nSPS) is 20.6. The van der Waals surface area contributed by atoms with Crippen LogP contribution in [0.4, 0.5) is 21.8 Å². The number of piperazine rings is 1. The van der Waals surface area contributed by atoms with Gasteiger partial charge < -0.3 is 4.90 Å². The Labute approximate surface area is 85.2 Å². The molecule has 0 aromatic rings. The molecule has 15 heavy (non-hydrogen) atoms. The molecule has 0 saturated carbocycles. The molecule has 0 spiro atoms. The lowest BCUT2D eigenvalue weighted by molar-refractivity contribution is -0.149. The van der Waals surface area contributed by atoms with Crippen LogP contribution in [0.5, 0.6) is 0 Å². The second-order valence-electron chi connectivity index (χ2n) is 3.58. The van der Waals surface area contributed by atoms with Crippen LogP contribution in [0.15, 0.2) is 0 Å². The fourth-order valence-corrected chi connectivity index (χ4v) is 1.58. The summed E-state index contributed by atoms with van der Waals surface area (Å²) in [5, 5.41) is 0. The Kier molecular flexibility index (Phi) is 4.33. The molecule has 8 heteroatoms. The fourth-order valence-electron chi connectivity index (χ4n) is 1.58. The highest BCUT2D eigenvalue weighted by molar-refractivity contribution is 6.42. The topological polar surface area (TPSA) is 6.48 Å². The molecule has 88 valence electrons. The van der Waals surface area contributed by atoms with Gasteiger partial charge >= 0.3 is 13.4 Å². The summed E-state index contributed by atoms with van der Waals surface area (Å²) in [6.07, 6.45) is -4.55. The van der Waals surface area contributed by atoms with Crippen molar-refractivity contribution in [1.82, 2.24) is 9.80 Å². The van der Waals surface area contributed by atoms with Crippen molar-refractivity contribution < 1.29 is 21.8 Å². The van der Waals surface area contributed by atoms with E-state index in [1.54, 1.807) is 0 Å². The van der Waals surface area contributed by atoms with Crippen LogP contribution >= 0.6 is 0 Å². The molecular formula is C7H12BF5N2. The largest absolute Gasteiger partial charge is 0.551 e. The molecule has 1 aliphatic rings. The molecule has 1 rings (SSSR count). The van der Waals surface area contributed by atoms with E-state index in [9.17, 15) is 21.8 Å². The molecule has 0 aromatic carbocycles. The number of hydrogen-bond acceptors (Lipinski definition) is 2. The molecule has 1 heterocycles. The van der Waals surface area contributed by atoms with Crippen molar-refractivity contribution in [2.75, 3.05) is 39.2 Å². The minimum Gasteiger partial charge on any atom is -0.302 e. The summed E-state index contributed by atoms with van der Waals surface area (Å²) in [6.45, 7) is 0.00875. The molecule has 0 bridgehead atoms. The van der Waals surface area contributed by atoms with Gasteiger partial charge in [-0.25, -0.2) is 0 Å². The molecule has 0 amide bonds. The van der Waals surface area contributed by atoms with Gasteiger partial charge in [-0.3, -0.25) is 13.5 Å². The molecular weight excluding hydrogens is 218 g/mol. The SMILES string of the molecule is FB(F)CN1CCN(CC(F)(F)F)CC1. The summed E-state index contributed by atoms with van der Waals surface area (Å²) in [6, 6.07) is 0. The number of alkyl halides is 3. The van der Waals surface area contributed by atoms with Gasteiger partial charge in [-0.1, -0.05) is 0 Å². The van der Waals surface area contributed by atoms with Crippen LogP contribution in [0.1, 0.15) is 0 Å². The number of halogens is 5. The molecule has 2 nitrogen and oxygen atoms in total. The number of nitrogens with zero attached hydrogens (tertiary/aromatic N) is 2. The number of hydrogen-bond donors (Lipinski definition) is 0. The first-order chi connectivity index (χ1) is 6.87. The second kappa shape index (κ2) is 5.11. The Morgan fingerprint density at radius 3 is 1.80 bits per heavy atom. The highest BCUT2D eigenvalue weighted by Gasteiger charge is 2.32. The molecule has 0 N–H and O–H groups in total.